The molecule has 1 aliphatic heterocycles. The van der Waals surface area contributed by atoms with Gasteiger partial charge in [0.1, 0.15) is 0 Å². The average Bonchev–Trinajstić information content (AvgIpc) is 2.18. The minimum atomic E-state index is -0.967. The summed E-state index contributed by atoms with van der Waals surface area (Å²) in [5.41, 5.74) is 1.54. The molecule has 0 radical (unpaired) electrons. The number of halogens is 1. The zero-order valence-electron chi connectivity index (χ0n) is 9.24. The van der Waals surface area contributed by atoms with Crippen LogP contribution in [-0.2, 0) is 9.53 Å². The van der Waals surface area contributed by atoms with Crippen LogP contribution in [-0.4, -0.2) is 29.8 Å². The molecule has 4 nitrogen and oxygen atoms in total. The van der Waals surface area contributed by atoms with Crippen molar-refractivity contribution in [2.75, 3.05) is 6.54 Å². The Kier molecular flexibility index (Phi) is 4.04. The highest BCUT2D eigenvalue weighted by Crippen LogP contribution is 2.34. The Labute approximate surface area is 88.7 Å². The standard InChI is InChI=1S/C10H18FNO3/c1-5-6(2)8(4-12-11)15-9(7(5)3)10(13)14/h5-9,12H,4H2,1-3H3,(H,13,14)/t5-,6-,7-,8+,9+/m1/s1. The van der Waals surface area contributed by atoms with Gasteiger partial charge in [0.25, 0.3) is 0 Å². The summed E-state index contributed by atoms with van der Waals surface area (Å²) in [5, 5.41) is 8.96. The van der Waals surface area contributed by atoms with Gasteiger partial charge in [-0.3, -0.25) is 0 Å². The van der Waals surface area contributed by atoms with Crippen LogP contribution >= 0.6 is 0 Å². The molecule has 1 fully saturated rings. The Morgan fingerprint density at radius 2 is 1.93 bits per heavy atom. The van der Waals surface area contributed by atoms with E-state index >= 15 is 0 Å². The van der Waals surface area contributed by atoms with Crippen LogP contribution in [0.3, 0.4) is 0 Å². The smallest absolute Gasteiger partial charge is 0.333 e. The predicted molar refractivity (Wildman–Crippen MR) is 52.9 cm³/mol. The van der Waals surface area contributed by atoms with E-state index in [9.17, 15) is 9.28 Å². The molecule has 15 heavy (non-hydrogen) atoms. The lowest BCUT2D eigenvalue weighted by molar-refractivity contribution is -0.179. The maximum atomic E-state index is 12.0. The minimum Gasteiger partial charge on any atom is -0.479 e. The fourth-order valence-electron chi connectivity index (χ4n) is 2.12. The molecule has 1 rings (SSSR count). The van der Waals surface area contributed by atoms with Crippen molar-refractivity contribution in [3.05, 3.63) is 0 Å². The van der Waals surface area contributed by atoms with Gasteiger partial charge in [0.15, 0.2) is 6.10 Å². The molecule has 0 spiro atoms. The molecule has 5 atom stereocenters. The van der Waals surface area contributed by atoms with Gasteiger partial charge >= 0.3 is 5.97 Å². The quantitative estimate of drug-likeness (QED) is 0.701. The largest absolute Gasteiger partial charge is 0.479 e. The van der Waals surface area contributed by atoms with E-state index in [0.29, 0.717) is 0 Å². The second kappa shape index (κ2) is 4.90. The lowest BCUT2D eigenvalue weighted by Crippen LogP contribution is -2.50. The molecule has 0 amide bonds. The van der Waals surface area contributed by atoms with Crippen LogP contribution < -0.4 is 5.54 Å². The first-order valence-electron chi connectivity index (χ1n) is 5.20. The Bertz CT molecular complexity index is 237. The molecule has 0 aromatic rings. The maximum Gasteiger partial charge on any atom is 0.333 e. The van der Waals surface area contributed by atoms with Crippen LogP contribution in [0, 0.1) is 17.8 Å². The summed E-state index contributed by atoms with van der Waals surface area (Å²) in [4.78, 5) is 10.9. The molecule has 0 bridgehead atoms. The highest BCUT2D eigenvalue weighted by atomic mass is 19.2. The molecule has 0 unspecified atom stereocenters. The monoisotopic (exact) mass is 219 g/mol. The number of ether oxygens (including phenoxy) is 1. The number of hydrogen-bond donors (Lipinski definition) is 2. The molecule has 1 aliphatic rings. The Hall–Kier alpha value is -0.680. The summed E-state index contributed by atoms with van der Waals surface area (Å²) in [6.45, 7) is 5.85. The van der Waals surface area contributed by atoms with Gasteiger partial charge in [-0.2, -0.15) is 5.54 Å². The Morgan fingerprint density at radius 1 is 1.33 bits per heavy atom. The van der Waals surface area contributed by atoms with Gasteiger partial charge < -0.3 is 9.84 Å². The van der Waals surface area contributed by atoms with Crippen LogP contribution in [0.2, 0.25) is 0 Å². The number of nitrogens with one attached hydrogen (secondary N) is 1. The second-order valence-corrected chi connectivity index (χ2v) is 4.35. The van der Waals surface area contributed by atoms with E-state index in [4.69, 9.17) is 9.84 Å². The fraction of sp³-hybridized carbons (Fsp3) is 0.900. The van der Waals surface area contributed by atoms with Gasteiger partial charge in [-0.1, -0.05) is 20.8 Å². The van der Waals surface area contributed by atoms with Crippen LogP contribution in [0.5, 0.6) is 0 Å². The van der Waals surface area contributed by atoms with Gasteiger partial charge in [-0.15, -0.1) is 4.48 Å². The third kappa shape index (κ3) is 2.46. The van der Waals surface area contributed by atoms with E-state index in [1.807, 2.05) is 20.8 Å². The molecule has 0 aromatic carbocycles. The summed E-state index contributed by atoms with van der Waals surface area (Å²) >= 11 is 0. The highest BCUT2D eigenvalue weighted by Gasteiger charge is 2.42. The first kappa shape index (κ1) is 12.4. The molecule has 1 saturated heterocycles. The van der Waals surface area contributed by atoms with Crippen molar-refractivity contribution >= 4 is 5.97 Å². The summed E-state index contributed by atoms with van der Waals surface area (Å²) < 4.78 is 17.4. The number of hydrogen-bond acceptors (Lipinski definition) is 3. The number of carboxylic acid groups (broad SMARTS) is 1. The van der Waals surface area contributed by atoms with Crippen molar-refractivity contribution in [3.8, 4) is 0 Å². The number of carboxylic acids is 1. The number of rotatable bonds is 3. The fourth-order valence-corrected chi connectivity index (χ4v) is 2.12. The summed E-state index contributed by atoms with van der Waals surface area (Å²) in [7, 11) is 0. The van der Waals surface area contributed by atoms with Crippen molar-refractivity contribution in [3.63, 3.8) is 0 Å². The summed E-state index contributed by atoms with van der Waals surface area (Å²) in [5.74, 6) is -0.657. The van der Waals surface area contributed by atoms with Crippen molar-refractivity contribution in [2.45, 2.75) is 33.0 Å². The van der Waals surface area contributed by atoms with Gasteiger partial charge in [-0.05, 0) is 17.8 Å². The van der Waals surface area contributed by atoms with Crippen molar-refractivity contribution in [2.24, 2.45) is 17.8 Å². The zero-order valence-corrected chi connectivity index (χ0v) is 9.24. The lowest BCUT2D eigenvalue weighted by Gasteiger charge is -2.41. The topological polar surface area (TPSA) is 58.6 Å². The van der Waals surface area contributed by atoms with E-state index in [0.717, 1.165) is 0 Å². The van der Waals surface area contributed by atoms with Gasteiger partial charge in [0.05, 0.1) is 12.6 Å². The number of carbonyl (C=O) groups is 1. The van der Waals surface area contributed by atoms with E-state index < -0.39 is 12.1 Å². The van der Waals surface area contributed by atoms with E-state index in [1.54, 1.807) is 5.54 Å². The van der Waals surface area contributed by atoms with Gasteiger partial charge in [-0.25, -0.2) is 4.79 Å². The van der Waals surface area contributed by atoms with Gasteiger partial charge in [0, 0.05) is 0 Å². The molecular formula is C10H18FNO3. The lowest BCUT2D eigenvalue weighted by atomic mass is 9.76. The van der Waals surface area contributed by atoms with Gasteiger partial charge in [0.2, 0.25) is 0 Å². The van der Waals surface area contributed by atoms with E-state index in [1.165, 1.54) is 0 Å². The summed E-state index contributed by atoms with van der Waals surface area (Å²) in [6, 6.07) is 0. The SMILES string of the molecule is C[C@@H]1[C@@H](C)[C@H](CNF)O[C@H](C(=O)O)[C@@H]1C. The van der Waals surface area contributed by atoms with Crippen molar-refractivity contribution in [1.29, 1.82) is 0 Å². The molecule has 88 valence electrons. The normalized spacial score (nSPS) is 41.5. The van der Waals surface area contributed by atoms with Crippen LogP contribution in [0.1, 0.15) is 20.8 Å². The first-order chi connectivity index (χ1) is 6.99. The first-order valence-corrected chi connectivity index (χ1v) is 5.20. The molecule has 0 saturated carbocycles. The third-order valence-corrected chi connectivity index (χ3v) is 3.57. The van der Waals surface area contributed by atoms with E-state index in [-0.39, 0.29) is 30.4 Å². The molecule has 0 aliphatic carbocycles. The average molecular weight is 219 g/mol. The molecular weight excluding hydrogens is 201 g/mol. The van der Waals surface area contributed by atoms with Crippen LogP contribution in [0.15, 0.2) is 0 Å². The summed E-state index contributed by atoms with van der Waals surface area (Å²) in [6.07, 6.45) is -1.20. The Morgan fingerprint density at radius 3 is 2.40 bits per heavy atom. The predicted octanol–water partition coefficient (Wildman–Crippen LogP) is 1.22. The number of aliphatic carboxylic acids is 1. The van der Waals surface area contributed by atoms with Crippen molar-refractivity contribution < 1.29 is 19.1 Å². The molecule has 2 N–H and O–H groups in total. The van der Waals surface area contributed by atoms with E-state index in [2.05, 4.69) is 0 Å². The molecule has 0 aromatic heterocycles. The molecule has 1 heterocycles. The maximum absolute atomic E-state index is 12.0. The van der Waals surface area contributed by atoms with Crippen molar-refractivity contribution in [1.82, 2.24) is 5.54 Å². The zero-order chi connectivity index (χ0) is 11.6. The Balaban J connectivity index is 2.75. The van der Waals surface area contributed by atoms with Crippen LogP contribution in [0.25, 0.3) is 0 Å². The minimum absolute atomic E-state index is 0.0437. The van der Waals surface area contributed by atoms with Crippen LogP contribution in [0.4, 0.5) is 4.48 Å². The molecule has 5 heteroatoms. The third-order valence-electron chi connectivity index (χ3n) is 3.57. The highest BCUT2D eigenvalue weighted by molar-refractivity contribution is 5.72. The second-order valence-electron chi connectivity index (χ2n) is 4.35.